The Kier molecular flexibility index (Phi) is 4.51. The smallest absolute Gasteiger partial charge is 0.249 e. The molecule has 0 saturated carbocycles. The zero-order valence-electron chi connectivity index (χ0n) is 14.4. The maximum absolute atomic E-state index is 5.59. The molecule has 0 unspecified atom stereocenters. The summed E-state index contributed by atoms with van der Waals surface area (Å²) in [7, 11) is 0. The number of hydrogen-bond donors (Lipinski definition) is 2. The largest absolute Gasteiger partial charge is 0.486 e. The summed E-state index contributed by atoms with van der Waals surface area (Å²) in [5.74, 6) is 2.47. The number of aromatic nitrogens is 3. The zero-order valence-corrected chi connectivity index (χ0v) is 14.4. The van der Waals surface area contributed by atoms with Gasteiger partial charge in [-0.1, -0.05) is 19.1 Å². The lowest BCUT2D eigenvalue weighted by Gasteiger charge is -2.19. The van der Waals surface area contributed by atoms with E-state index in [1.807, 2.05) is 30.3 Å². The average molecular weight is 349 g/mol. The standard InChI is InChI=1S/C19H19N5O2/c1-2-13-3-5-14(6-4-13)21-18-12-20-24-19(23-18)22-15-7-8-16-17(11-15)26-10-9-25-16/h3-8,11-12H,2,9-10H2,1H3,(H2,21,22,23,24). The van der Waals surface area contributed by atoms with Crippen LogP contribution in [0.4, 0.5) is 23.1 Å². The summed E-state index contributed by atoms with van der Waals surface area (Å²) < 4.78 is 11.1. The Morgan fingerprint density at radius 3 is 2.50 bits per heavy atom. The second-order valence-electron chi connectivity index (χ2n) is 5.82. The van der Waals surface area contributed by atoms with Gasteiger partial charge in [0.15, 0.2) is 17.3 Å². The van der Waals surface area contributed by atoms with Crippen LogP contribution in [-0.2, 0) is 6.42 Å². The highest BCUT2D eigenvalue weighted by atomic mass is 16.6. The first kappa shape index (κ1) is 16.1. The fraction of sp³-hybridized carbons (Fsp3) is 0.211. The van der Waals surface area contributed by atoms with E-state index in [0.29, 0.717) is 30.7 Å². The summed E-state index contributed by atoms with van der Waals surface area (Å²) in [6, 6.07) is 13.8. The number of anilines is 4. The van der Waals surface area contributed by atoms with Crippen LogP contribution in [0.5, 0.6) is 11.5 Å². The summed E-state index contributed by atoms with van der Waals surface area (Å²) >= 11 is 0. The van der Waals surface area contributed by atoms with Gasteiger partial charge in [-0.2, -0.15) is 10.1 Å². The fourth-order valence-electron chi connectivity index (χ4n) is 2.64. The minimum absolute atomic E-state index is 0.400. The lowest BCUT2D eigenvalue weighted by molar-refractivity contribution is 0.171. The SMILES string of the molecule is CCc1ccc(Nc2cnnc(Nc3ccc4c(c3)OCCO4)n2)cc1. The van der Waals surface area contributed by atoms with E-state index < -0.39 is 0 Å². The molecule has 132 valence electrons. The first-order valence-electron chi connectivity index (χ1n) is 8.52. The number of ether oxygens (including phenoxy) is 2. The highest BCUT2D eigenvalue weighted by molar-refractivity contribution is 5.62. The van der Waals surface area contributed by atoms with E-state index in [9.17, 15) is 0 Å². The Balaban J connectivity index is 1.48. The minimum Gasteiger partial charge on any atom is -0.486 e. The number of rotatable bonds is 5. The topological polar surface area (TPSA) is 81.2 Å². The van der Waals surface area contributed by atoms with Gasteiger partial charge in [0.25, 0.3) is 0 Å². The van der Waals surface area contributed by atoms with Crippen LogP contribution in [0.1, 0.15) is 12.5 Å². The van der Waals surface area contributed by atoms with E-state index in [4.69, 9.17) is 9.47 Å². The summed E-state index contributed by atoms with van der Waals surface area (Å²) in [6.45, 7) is 3.25. The molecular formula is C19H19N5O2. The summed E-state index contributed by atoms with van der Waals surface area (Å²) in [5, 5.41) is 14.4. The average Bonchev–Trinajstić information content (AvgIpc) is 2.69. The van der Waals surface area contributed by atoms with Crippen LogP contribution >= 0.6 is 0 Å². The van der Waals surface area contributed by atoms with Gasteiger partial charge in [0.05, 0.1) is 6.20 Å². The molecule has 2 aromatic carbocycles. The molecule has 26 heavy (non-hydrogen) atoms. The lowest BCUT2D eigenvalue weighted by atomic mass is 10.1. The Hall–Kier alpha value is -3.35. The van der Waals surface area contributed by atoms with Crippen LogP contribution < -0.4 is 20.1 Å². The van der Waals surface area contributed by atoms with E-state index in [-0.39, 0.29) is 0 Å². The van der Waals surface area contributed by atoms with Gasteiger partial charge in [-0.3, -0.25) is 0 Å². The second-order valence-corrected chi connectivity index (χ2v) is 5.82. The molecule has 0 bridgehead atoms. The number of benzene rings is 2. The van der Waals surface area contributed by atoms with E-state index >= 15 is 0 Å². The van der Waals surface area contributed by atoms with Crippen molar-refractivity contribution in [1.82, 2.24) is 15.2 Å². The van der Waals surface area contributed by atoms with Gasteiger partial charge < -0.3 is 20.1 Å². The van der Waals surface area contributed by atoms with Crippen molar-refractivity contribution in [1.29, 1.82) is 0 Å². The molecule has 0 spiro atoms. The third-order valence-corrected chi connectivity index (χ3v) is 3.99. The van der Waals surface area contributed by atoms with E-state index in [1.165, 1.54) is 5.56 Å². The molecule has 0 radical (unpaired) electrons. The maximum atomic E-state index is 5.59. The fourth-order valence-corrected chi connectivity index (χ4v) is 2.64. The van der Waals surface area contributed by atoms with Crippen molar-refractivity contribution >= 4 is 23.1 Å². The molecule has 0 aliphatic carbocycles. The zero-order chi connectivity index (χ0) is 17.8. The van der Waals surface area contributed by atoms with Crippen LogP contribution in [0.3, 0.4) is 0 Å². The van der Waals surface area contributed by atoms with E-state index in [2.05, 4.69) is 44.9 Å². The number of aryl methyl sites for hydroxylation is 1. The summed E-state index contributed by atoms with van der Waals surface area (Å²) in [4.78, 5) is 4.45. The monoisotopic (exact) mass is 349 g/mol. The van der Waals surface area contributed by atoms with Crippen molar-refractivity contribution in [2.24, 2.45) is 0 Å². The first-order valence-corrected chi connectivity index (χ1v) is 8.52. The van der Waals surface area contributed by atoms with Gasteiger partial charge >= 0.3 is 0 Å². The molecule has 7 heteroatoms. The van der Waals surface area contributed by atoms with E-state index in [1.54, 1.807) is 6.20 Å². The molecular weight excluding hydrogens is 330 g/mol. The highest BCUT2D eigenvalue weighted by Gasteiger charge is 2.12. The van der Waals surface area contributed by atoms with Crippen molar-refractivity contribution in [3.05, 3.63) is 54.2 Å². The number of nitrogens with one attached hydrogen (secondary N) is 2. The van der Waals surface area contributed by atoms with Crippen LogP contribution in [0, 0.1) is 0 Å². The molecule has 1 aromatic heterocycles. The van der Waals surface area contributed by atoms with Crippen LogP contribution in [-0.4, -0.2) is 28.4 Å². The lowest BCUT2D eigenvalue weighted by Crippen LogP contribution is -2.15. The summed E-state index contributed by atoms with van der Waals surface area (Å²) in [5.41, 5.74) is 3.05. The predicted octanol–water partition coefficient (Wildman–Crippen LogP) is 3.69. The van der Waals surface area contributed by atoms with Crippen LogP contribution in [0.15, 0.2) is 48.7 Å². The van der Waals surface area contributed by atoms with Gasteiger partial charge in [0.2, 0.25) is 5.95 Å². The Morgan fingerprint density at radius 2 is 1.69 bits per heavy atom. The Labute approximate surface area is 151 Å². The quantitative estimate of drug-likeness (QED) is 0.727. The third-order valence-electron chi connectivity index (χ3n) is 3.99. The predicted molar refractivity (Wildman–Crippen MR) is 99.6 cm³/mol. The molecule has 3 aromatic rings. The Morgan fingerprint density at radius 1 is 0.923 bits per heavy atom. The second kappa shape index (κ2) is 7.26. The molecule has 2 N–H and O–H groups in total. The molecule has 0 atom stereocenters. The minimum atomic E-state index is 0.400. The number of nitrogens with zero attached hydrogens (tertiary/aromatic N) is 3. The molecule has 2 heterocycles. The van der Waals surface area contributed by atoms with E-state index in [0.717, 1.165) is 23.5 Å². The van der Waals surface area contributed by atoms with Crippen LogP contribution in [0.25, 0.3) is 0 Å². The maximum Gasteiger partial charge on any atom is 0.249 e. The molecule has 7 nitrogen and oxygen atoms in total. The molecule has 0 saturated heterocycles. The van der Waals surface area contributed by atoms with Gasteiger partial charge in [-0.25, -0.2) is 0 Å². The van der Waals surface area contributed by atoms with Crippen molar-refractivity contribution in [2.45, 2.75) is 13.3 Å². The number of hydrogen-bond acceptors (Lipinski definition) is 7. The molecule has 0 amide bonds. The van der Waals surface area contributed by atoms with Gasteiger partial charge in [-0.15, -0.1) is 5.10 Å². The van der Waals surface area contributed by atoms with Crippen LogP contribution in [0.2, 0.25) is 0 Å². The van der Waals surface area contributed by atoms with Crippen molar-refractivity contribution in [2.75, 3.05) is 23.8 Å². The number of fused-ring (bicyclic) bond motifs is 1. The van der Waals surface area contributed by atoms with Crippen molar-refractivity contribution < 1.29 is 9.47 Å². The van der Waals surface area contributed by atoms with Gasteiger partial charge in [-0.05, 0) is 36.2 Å². The molecule has 1 aliphatic heterocycles. The summed E-state index contributed by atoms with van der Waals surface area (Å²) in [6.07, 6.45) is 2.60. The van der Waals surface area contributed by atoms with Gasteiger partial charge in [0, 0.05) is 17.4 Å². The normalized spacial score (nSPS) is 12.5. The molecule has 1 aliphatic rings. The highest BCUT2D eigenvalue weighted by Crippen LogP contribution is 2.33. The third kappa shape index (κ3) is 3.66. The molecule has 4 rings (SSSR count). The van der Waals surface area contributed by atoms with Crippen molar-refractivity contribution in [3.63, 3.8) is 0 Å². The Bertz CT molecular complexity index is 899. The molecule has 0 fully saturated rings. The van der Waals surface area contributed by atoms with Crippen molar-refractivity contribution in [3.8, 4) is 11.5 Å². The first-order chi connectivity index (χ1) is 12.8. The van der Waals surface area contributed by atoms with Gasteiger partial charge in [0.1, 0.15) is 13.2 Å².